The molecule has 0 unspecified atom stereocenters. The van der Waals surface area contributed by atoms with Crippen LogP contribution in [-0.2, 0) is 24.2 Å². The van der Waals surface area contributed by atoms with Gasteiger partial charge in [-0.25, -0.2) is 0 Å². The molecule has 2 aromatic heterocycles. The second-order valence-corrected chi connectivity index (χ2v) is 7.17. The van der Waals surface area contributed by atoms with E-state index < -0.39 is 0 Å². The second kappa shape index (κ2) is 8.82. The van der Waals surface area contributed by atoms with E-state index in [1.807, 2.05) is 39.8 Å². The van der Waals surface area contributed by atoms with Gasteiger partial charge in [0.25, 0.3) is 5.91 Å². The van der Waals surface area contributed by atoms with Gasteiger partial charge in [0.05, 0.1) is 13.5 Å². The minimum Gasteiger partial charge on any atom is -0.497 e. The summed E-state index contributed by atoms with van der Waals surface area (Å²) in [6, 6.07) is 16.6. The third kappa shape index (κ3) is 4.35. The number of fused-ring (bicyclic) bond motifs is 1. The lowest BCUT2D eigenvalue weighted by molar-refractivity contribution is -0.130. The van der Waals surface area contributed by atoms with Crippen molar-refractivity contribution in [3.8, 4) is 5.75 Å². The van der Waals surface area contributed by atoms with Crippen LogP contribution in [0.1, 0.15) is 21.9 Å². The summed E-state index contributed by atoms with van der Waals surface area (Å²) in [7, 11) is 1.61. The Kier molecular flexibility index (Phi) is 5.79. The molecule has 0 fully saturated rings. The van der Waals surface area contributed by atoms with Gasteiger partial charge in [-0.3, -0.25) is 14.6 Å². The highest BCUT2D eigenvalue weighted by Crippen LogP contribution is 2.19. The number of nitrogens with zero attached hydrogens (tertiary/aromatic N) is 3. The minimum absolute atomic E-state index is 0.0590. The fourth-order valence-corrected chi connectivity index (χ4v) is 3.66. The first-order chi connectivity index (χ1) is 14.6. The molecule has 0 atom stereocenters. The van der Waals surface area contributed by atoms with Gasteiger partial charge in [0.2, 0.25) is 5.91 Å². The first-order valence-electron chi connectivity index (χ1n) is 9.95. The topological polar surface area (TPSA) is 76.5 Å². The highest BCUT2D eigenvalue weighted by molar-refractivity contribution is 6.03. The van der Waals surface area contributed by atoms with Crippen LogP contribution in [-0.4, -0.2) is 46.5 Å². The number of carbonyl (C=O) groups excluding carboxylic acids is 2. The molecule has 1 aliphatic heterocycles. The van der Waals surface area contributed by atoms with Crippen molar-refractivity contribution in [2.45, 2.75) is 19.4 Å². The van der Waals surface area contributed by atoms with Crippen LogP contribution in [0.25, 0.3) is 0 Å². The fourth-order valence-electron chi connectivity index (χ4n) is 3.66. The molecule has 0 saturated heterocycles. The number of hydrogen-bond acceptors (Lipinski definition) is 4. The molecule has 4 rings (SSSR count). The van der Waals surface area contributed by atoms with Crippen molar-refractivity contribution < 1.29 is 14.3 Å². The lowest BCUT2D eigenvalue weighted by atomic mass is 10.2. The van der Waals surface area contributed by atoms with E-state index in [0.717, 1.165) is 17.1 Å². The number of nitrogens with one attached hydrogen (secondary N) is 1. The second-order valence-electron chi connectivity index (χ2n) is 7.17. The zero-order valence-electron chi connectivity index (χ0n) is 16.9. The Morgan fingerprint density at radius 3 is 2.60 bits per heavy atom. The van der Waals surface area contributed by atoms with E-state index in [2.05, 4.69) is 10.3 Å². The van der Waals surface area contributed by atoms with Crippen molar-refractivity contribution in [2.24, 2.45) is 0 Å². The van der Waals surface area contributed by atoms with Crippen LogP contribution in [0.3, 0.4) is 0 Å². The Bertz CT molecular complexity index is 1030. The van der Waals surface area contributed by atoms with E-state index in [1.165, 1.54) is 0 Å². The summed E-state index contributed by atoms with van der Waals surface area (Å²) in [6.45, 7) is 1.78. The van der Waals surface area contributed by atoms with Gasteiger partial charge < -0.3 is 19.5 Å². The van der Waals surface area contributed by atoms with Crippen molar-refractivity contribution >= 4 is 17.5 Å². The molecule has 2 amide bonds. The summed E-state index contributed by atoms with van der Waals surface area (Å²) >= 11 is 0. The third-order valence-electron chi connectivity index (χ3n) is 5.29. The summed E-state index contributed by atoms with van der Waals surface area (Å²) in [5, 5.41) is 2.93. The van der Waals surface area contributed by atoms with E-state index in [-0.39, 0.29) is 11.8 Å². The van der Waals surface area contributed by atoms with Crippen LogP contribution in [0.15, 0.2) is 60.8 Å². The summed E-state index contributed by atoms with van der Waals surface area (Å²) in [6.07, 6.45) is 2.70. The lowest BCUT2D eigenvalue weighted by Gasteiger charge is -2.20. The SMILES string of the molecule is COc1ccc(NC(=O)c2ccc3n2CCN(C(=O)Cc2ccccn2)CC3)cc1. The first kappa shape index (κ1) is 19.7. The predicted molar refractivity (Wildman–Crippen MR) is 114 cm³/mol. The maximum absolute atomic E-state index is 12.8. The fraction of sp³-hybridized carbons (Fsp3) is 0.261. The molecule has 0 aliphatic carbocycles. The number of ether oxygens (including phenoxy) is 1. The van der Waals surface area contributed by atoms with Gasteiger partial charge in [0, 0.05) is 49.3 Å². The van der Waals surface area contributed by atoms with Gasteiger partial charge in [-0.1, -0.05) is 6.07 Å². The molecule has 3 heterocycles. The van der Waals surface area contributed by atoms with Gasteiger partial charge in [-0.05, 0) is 48.5 Å². The monoisotopic (exact) mass is 404 g/mol. The average molecular weight is 404 g/mol. The molecule has 30 heavy (non-hydrogen) atoms. The molecule has 0 spiro atoms. The molecular formula is C23H24N4O3. The Hall–Kier alpha value is -3.61. The Morgan fingerprint density at radius 1 is 1.03 bits per heavy atom. The largest absolute Gasteiger partial charge is 0.497 e. The average Bonchev–Trinajstić information content (AvgIpc) is 3.06. The molecule has 0 radical (unpaired) electrons. The molecule has 1 aromatic carbocycles. The number of rotatable bonds is 5. The molecule has 154 valence electrons. The summed E-state index contributed by atoms with van der Waals surface area (Å²) in [4.78, 5) is 31.6. The van der Waals surface area contributed by atoms with Gasteiger partial charge in [-0.15, -0.1) is 0 Å². The number of hydrogen-bond donors (Lipinski definition) is 1. The zero-order chi connectivity index (χ0) is 20.9. The molecule has 3 aromatic rings. The van der Waals surface area contributed by atoms with E-state index in [0.29, 0.717) is 43.9 Å². The maximum atomic E-state index is 12.8. The van der Waals surface area contributed by atoms with Crippen LogP contribution < -0.4 is 10.1 Å². The summed E-state index contributed by atoms with van der Waals surface area (Å²) < 4.78 is 7.16. The highest BCUT2D eigenvalue weighted by Gasteiger charge is 2.22. The van der Waals surface area contributed by atoms with E-state index in [9.17, 15) is 9.59 Å². The van der Waals surface area contributed by atoms with Gasteiger partial charge in [0.15, 0.2) is 0 Å². The third-order valence-corrected chi connectivity index (χ3v) is 5.29. The molecule has 1 N–H and O–H groups in total. The van der Waals surface area contributed by atoms with Crippen LogP contribution in [0.4, 0.5) is 5.69 Å². The number of methoxy groups -OCH3 is 1. The molecule has 7 heteroatoms. The number of amides is 2. The van der Waals surface area contributed by atoms with E-state index in [1.54, 1.807) is 37.6 Å². The van der Waals surface area contributed by atoms with Gasteiger partial charge in [0.1, 0.15) is 11.4 Å². The van der Waals surface area contributed by atoms with Crippen LogP contribution in [0, 0.1) is 0 Å². The van der Waals surface area contributed by atoms with E-state index in [4.69, 9.17) is 4.74 Å². The Morgan fingerprint density at radius 2 is 1.87 bits per heavy atom. The quantitative estimate of drug-likeness (QED) is 0.710. The summed E-state index contributed by atoms with van der Waals surface area (Å²) in [5.41, 5.74) is 3.13. The molecule has 0 bridgehead atoms. The van der Waals surface area contributed by atoms with Crippen LogP contribution in [0.2, 0.25) is 0 Å². The molecule has 0 saturated carbocycles. The predicted octanol–water partition coefficient (Wildman–Crippen LogP) is 2.77. The van der Waals surface area contributed by atoms with E-state index >= 15 is 0 Å². The van der Waals surface area contributed by atoms with Gasteiger partial charge in [-0.2, -0.15) is 0 Å². The highest BCUT2D eigenvalue weighted by atomic mass is 16.5. The Labute approximate surface area is 175 Å². The van der Waals surface area contributed by atoms with Crippen molar-refractivity contribution in [3.63, 3.8) is 0 Å². The standard InChI is InChI=1S/C23H24N4O3/c1-30-20-8-5-17(6-9-20)25-23(29)21-10-7-19-11-13-26(14-15-27(19)21)22(28)16-18-4-2-3-12-24-18/h2-10,12H,11,13-16H2,1H3,(H,25,29). The number of anilines is 1. The van der Waals surface area contributed by atoms with Gasteiger partial charge >= 0.3 is 0 Å². The normalized spacial score (nSPS) is 13.3. The Balaban J connectivity index is 1.42. The van der Waals surface area contributed by atoms with Crippen molar-refractivity contribution in [2.75, 3.05) is 25.5 Å². The molecule has 7 nitrogen and oxygen atoms in total. The maximum Gasteiger partial charge on any atom is 0.272 e. The molecular weight excluding hydrogens is 380 g/mol. The number of benzene rings is 1. The first-order valence-corrected chi connectivity index (χ1v) is 9.95. The van der Waals surface area contributed by atoms with Crippen molar-refractivity contribution in [3.05, 3.63) is 77.9 Å². The van der Waals surface area contributed by atoms with Crippen molar-refractivity contribution in [1.29, 1.82) is 0 Å². The zero-order valence-corrected chi connectivity index (χ0v) is 16.9. The number of carbonyl (C=O) groups is 2. The molecule has 1 aliphatic rings. The lowest BCUT2D eigenvalue weighted by Crippen LogP contribution is -2.35. The van der Waals surface area contributed by atoms with Crippen molar-refractivity contribution in [1.82, 2.24) is 14.5 Å². The number of aromatic nitrogens is 2. The summed E-state index contributed by atoms with van der Waals surface area (Å²) in [5.74, 6) is 0.628. The van der Waals surface area contributed by atoms with Crippen LogP contribution >= 0.6 is 0 Å². The smallest absolute Gasteiger partial charge is 0.272 e. The minimum atomic E-state index is -0.167. The van der Waals surface area contributed by atoms with Crippen LogP contribution in [0.5, 0.6) is 5.75 Å². The number of pyridine rings is 1.